The van der Waals surface area contributed by atoms with Crippen molar-refractivity contribution in [2.75, 3.05) is 11.9 Å². The average Bonchev–Trinajstić information content (AvgIpc) is 3.14. The van der Waals surface area contributed by atoms with E-state index in [0.717, 1.165) is 23.7 Å². The highest BCUT2D eigenvalue weighted by atomic mass is 79.9. The van der Waals surface area contributed by atoms with E-state index < -0.39 is 0 Å². The van der Waals surface area contributed by atoms with Gasteiger partial charge in [-0.3, -0.25) is 4.79 Å². The summed E-state index contributed by atoms with van der Waals surface area (Å²) in [7, 11) is 0. The molecule has 84 valence electrons. The molecule has 0 aromatic rings. The van der Waals surface area contributed by atoms with Crippen LogP contribution in [0.2, 0.25) is 0 Å². The van der Waals surface area contributed by atoms with Gasteiger partial charge in [0, 0.05) is 23.8 Å². The summed E-state index contributed by atoms with van der Waals surface area (Å²) in [4.78, 5) is 14.4. The van der Waals surface area contributed by atoms with Gasteiger partial charge in [-0.2, -0.15) is 0 Å². The van der Waals surface area contributed by atoms with Gasteiger partial charge in [-0.05, 0) is 37.5 Å². The van der Waals surface area contributed by atoms with Crippen LogP contribution in [0.3, 0.4) is 0 Å². The van der Waals surface area contributed by atoms with Crippen LogP contribution in [0, 0.1) is 17.8 Å². The zero-order valence-electron chi connectivity index (χ0n) is 8.99. The van der Waals surface area contributed by atoms with Crippen molar-refractivity contribution < 1.29 is 4.79 Å². The molecule has 0 saturated heterocycles. The number of hydrogen-bond donors (Lipinski definition) is 0. The van der Waals surface area contributed by atoms with Crippen LogP contribution >= 0.6 is 15.9 Å². The molecule has 3 aliphatic rings. The lowest BCUT2D eigenvalue weighted by Crippen LogP contribution is -2.36. The minimum Gasteiger partial charge on any atom is -0.339 e. The van der Waals surface area contributed by atoms with Gasteiger partial charge < -0.3 is 4.90 Å². The Morgan fingerprint density at radius 3 is 2.40 bits per heavy atom. The fourth-order valence-corrected chi connectivity index (χ4v) is 3.71. The summed E-state index contributed by atoms with van der Waals surface area (Å²) in [6, 6.07) is 0.594. The van der Waals surface area contributed by atoms with E-state index in [2.05, 4.69) is 20.8 Å². The van der Waals surface area contributed by atoms with E-state index in [0.29, 0.717) is 17.9 Å². The third-order valence-electron chi connectivity index (χ3n) is 4.29. The topological polar surface area (TPSA) is 20.3 Å². The lowest BCUT2D eigenvalue weighted by Gasteiger charge is -2.22. The van der Waals surface area contributed by atoms with Crippen molar-refractivity contribution in [1.82, 2.24) is 4.90 Å². The molecular formula is C12H18BrNO. The highest BCUT2D eigenvalue weighted by Gasteiger charge is 2.58. The smallest absolute Gasteiger partial charge is 0.226 e. The van der Waals surface area contributed by atoms with Crippen molar-refractivity contribution in [2.45, 2.75) is 38.1 Å². The SMILES string of the molecule is O=C(C1C2CCCC21)N(CCBr)C1CC1. The molecule has 15 heavy (non-hydrogen) atoms. The third kappa shape index (κ3) is 1.73. The molecule has 0 aromatic heterocycles. The maximum absolute atomic E-state index is 12.3. The fourth-order valence-electron chi connectivity index (χ4n) is 3.33. The molecule has 0 aromatic carbocycles. The first kappa shape index (κ1) is 10.1. The Bertz CT molecular complexity index is 267. The van der Waals surface area contributed by atoms with Gasteiger partial charge in [-0.15, -0.1) is 0 Å². The van der Waals surface area contributed by atoms with Gasteiger partial charge in [0.1, 0.15) is 0 Å². The molecule has 3 fully saturated rings. The number of fused-ring (bicyclic) bond motifs is 1. The van der Waals surface area contributed by atoms with E-state index in [4.69, 9.17) is 0 Å². The van der Waals surface area contributed by atoms with Crippen LogP contribution in [0.5, 0.6) is 0 Å². The molecule has 0 bridgehead atoms. The molecule has 0 spiro atoms. The van der Waals surface area contributed by atoms with Crippen molar-refractivity contribution in [3.63, 3.8) is 0 Å². The van der Waals surface area contributed by atoms with E-state index in [1.807, 2.05) is 0 Å². The molecular weight excluding hydrogens is 254 g/mol. The van der Waals surface area contributed by atoms with Gasteiger partial charge in [-0.1, -0.05) is 22.4 Å². The summed E-state index contributed by atoms with van der Waals surface area (Å²) >= 11 is 3.45. The van der Waals surface area contributed by atoms with Crippen LogP contribution in [0.15, 0.2) is 0 Å². The van der Waals surface area contributed by atoms with E-state index >= 15 is 0 Å². The zero-order chi connectivity index (χ0) is 10.4. The van der Waals surface area contributed by atoms with Gasteiger partial charge in [0.2, 0.25) is 5.91 Å². The average molecular weight is 272 g/mol. The summed E-state index contributed by atoms with van der Waals surface area (Å²) in [5.74, 6) is 2.45. The Labute approximate surface area is 99.5 Å². The van der Waals surface area contributed by atoms with E-state index in [1.54, 1.807) is 0 Å². The molecule has 0 radical (unpaired) electrons. The van der Waals surface area contributed by atoms with Gasteiger partial charge >= 0.3 is 0 Å². The maximum Gasteiger partial charge on any atom is 0.226 e. The Morgan fingerprint density at radius 1 is 1.20 bits per heavy atom. The second-order valence-electron chi connectivity index (χ2n) is 5.24. The van der Waals surface area contributed by atoms with Crippen molar-refractivity contribution in [3.8, 4) is 0 Å². The molecule has 3 saturated carbocycles. The lowest BCUT2D eigenvalue weighted by atomic mass is 10.1. The number of carbonyl (C=O) groups is 1. The Morgan fingerprint density at radius 2 is 1.87 bits per heavy atom. The third-order valence-corrected chi connectivity index (χ3v) is 4.64. The van der Waals surface area contributed by atoms with Crippen molar-refractivity contribution in [3.05, 3.63) is 0 Å². The minimum atomic E-state index is 0.429. The van der Waals surface area contributed by atoms with Crippen LogP contribution in [0.4, 0.5) is 0 Å². The molecule has 2 atom stereocenters. The largest absolute Gasteiger partial charge is 0.339 e. The minimum absolute atomic E-state index is 0.429. The molecule has 1 amide bonds. The highest BCUT2D eigenvalue weighted by Crippen LogP contribution is 2.58. The molecule has 2 nitrogen and oxygen atoms in total. The molecule has 0 aliphatic heterocycles. The van der Waals surface area contributed by atoms with Gasteiger partial charge in [0.05, 0.1) is 0 Å². The monoisotopic (exact) mass is 271 g/mol. The van der Waals surface area contributed by atoms with E-state index in [-0.39, 0.29) is 0 Å². The van der Waals surface area contributed by atoms with Gasteiger partial charge in [0.15, 0.2) is 0 Å². The van der Waals surface area contributed by atoms with Crippen molar-refractivity contribution >= 4 is 21.8 Å². The number of halogens is 1. The fraction of sp³-hybridized carbons (Fsp3) is 0.917. The first-order valence-electron chi connectivity index (χ1n) is 6.19. The zero-order valence-corrected chi connectivity index (χ0v) is 10.6. The van der Waals surface area contributed by atoms with Crippen LogP contribution < -0.4 is 0 Å². The first-order chi connectivity index (χ1) is 7.33. The summed E-state index contributed by atoms with van der Waals surface area (Å²) < 4.78 is 0. The van der Waals surface area contributed by atoms with Crippen LogP contribution in [0.25, 0.3) is 0 Å². The predicted octanol–water partition coefficient (Wildman–Crippen LogP) is 2.42. The highest BCUT2D eigenvalue weighted by molar-refractivity contribution is 9.09. The number of alkyl halides is 1. The second-order valence-corrected chi connectivity index (χ2v) is 6.03. The van der Waals surface area contributed by atoms with Crippen LogP contribution in [-0.2, 0) is 4.79 Å². The van der Waals surface area contributed by atoms with E-state index in [9.17, 15) is 4.79 Å². The first-order valence-corrected chi connectivity index (χ1v) is 7.31. The number of hydrogen-bond acceptors (Lipinski definition) is 1. The van der Waals surface area contributed by atoms with E-state index in [1.165, 1.54) is 32.1 Å². The molecule has 0 N–H and O–H groups in total. The quantitative estimate of drug-likeness (QED) is 0.720. The summed E-state index contributed by atoms with van der Waals surface area (Å²) in [5.41, 5.74) is 0. The molecule has 3 heteroatoms. The summed E-state index contributed by atoms with van der Waals surface area (Å²) in [5, 5.41) is 0.928. The lowest BCUT2D eigenvalue weighted by molar-refractivity contribution is -0.133. The molecule has 0 heterocycles. The standard InChI is InChI=1S/C12H18BrNO/c13-6-7-14(8-4-5-8)12(15)11-9-2-1-3-10(9)11/h8-11H,1-7H2. The van der Waals surface area contributed by atoms with Gasteiger partial charge in [-0.25, -0.2) is 0 Å². The second kappa shape index (κ2) is 3.76. The van der Waals surface area contributed by atoms with Crippen molar-refractivity contribution in [1.29, 1.82) is 0 Å². The number of carbonyl (C=O) groups excluding carboxylic acids is 1. The number of amides is 1. The predicted molar refractivity (Wildman–Crippen MR) is 62.9 cm³/mol. The normalized spacial score (nSPS) is 37.5. The van der Waals surface area contributed by atoms with Gasteiger partial charge in [0.25, 0.3) is 0 Å². The Hall–Kier alpha value is -0.0500. The van der Waals surface area contributed by atoms with Crippen LogP contribution in [-0.4, -0.2) is 28.7 Å². The maximum atomic E-state index is 12.3. The molecule has 3 aliphatic carbocycles. The van der Waals surface area contributed by atoms with Crippen molar-refractivity contribution in [2.24, 2.45) is 17.8 Å². The Balaban J connectivity index is 1.62. The van der Waals surface area contributed by atoms with Crippen LogP contribution in [0.1, 0.15) is 32.1 Å². The number of nitrogens with zero attached hydrogens (tertiary/aromatic N) is 1. The molecule has 3 rings (SSSR count). The molecule has 2 unspecified atom stereocenters. The summed E-state index contributed by atoms with van der Waals surface area (Å²) in [6.45, 7) is 0.916. The Kier molecular flexibility index (Phi) is 2.54. The summed E-state index contributed by atoms with van der Waals surface area (Å²) in [6.07, 6.45) is 6.46. The number of rotatable bonds is 4.